The van der Waals surface area contributed by atoms with Crippen LogP contribution in [-0.4, -0.2) is 36.5 Å². The van der Waals surface area contributed by atoms with Gasteiger partial charge in [0.15, 0.2) is 0 Å². The van der Waals surface area contributed by atoms with Crippen LogP contribution >= 0.6 is 0 Å². The fourth-order valence-electron chi connectivity index (χ4n) is 4.72. The number of hydrogen-bond acceptors (Lipinski definition) is 5. The molecule has 1 saturated heterocycles. The number of carbonyl (C=O) groups is 2. The summed E-state index contributed by atoms with van der Waals surface area (Å²) < 4.78 is 6.01. The van der Waals surface area contributed by atoms with E-state index in [1.54, 1.807) is 0 Å². The van der Waals surface area contributed by atoms with E-state index in [2.05, 4.69) is 28.6 Å². The minimum Gasteiger partial charge on any atom is -0.494 e. The molecule has 2 aliphatic rings. The Hall–Kier alpha value is -2.08. The number of nitrogens with one attached hydrogen (secondary N) is 1. The van der Waals surface area contributed by atoms with E-state index in [0.717, 1.165) is 57.2 Å². The molecule has 1 aliphatic heterocycles. The first-order valence-electron chi connectivity index (χ1n) is 11.5. The van der Waals surface area contributed by atoms with Crippen LogP contribution in [0.2, 0.25) is 0 Å². The number of carbonyl (C=O) groups excluding carboxylic acids is 2. The number of nitrogens with zero attached hydrogens (tertiary/aromatic N) is 1. The van der Waals surface area contributed by atoms with Gasteiger partial charge >= 0.3 is 5.97 Å². The second kappa shape index (κ2) is 11.3. The minimum absolute atomic E-state index is 0.305. The van der Waals surface area contributed by atoms with Crippen LogP contribution in [0.3, 0.4) is 0 Å². The summed E-state index contributed by atoms with van der Waals surface area (Å²) in [6.45, 7) is 5.26. The highest BCUT2D eigenvalue weighted by Gasteiger charge is 2.41. The zero-order valence-electron chi connectivity index (χ0n) is 18.3. The Morgan fingerprint density at radius 1 is 1.07 bits per heavy atom. The van der Waals surface area contributed by atoms with Crippen molar-refractivity contribution in [2.24, 2.45) is 5.41 Å². The van der Waals surface area contributed by atoms with Crippen LogP contribution in [0.4, 0.5) is 0 Å². The van der Waals surface area contributed by atoms with Gasteiger partial charge in [-0.3, -0.25) is 9.69 Å². The summed E-state index contributed by atoms with van der Waals surface area (Å²) in [7, 11) is 0. The molecule has 1 heterocycles. The zero-order valence-corrected chi connectivity index (χ0v) is 18.3. The van der Waals surface area contributed by atoms with E-state index >= 15 is 0 Å². The largest absolute Gasteiger partial charge is 0.494 e. The van der Waals surface area contributed by atoms with Gasteiger partial charge in [-0.1, -0.05) is 37.8 Å². The molecule has 0 spiro atoms. The van der Waals surface area contributed by atoms with Crippen molar-refractivity contribution in [3.8, 4) is 5.75 Å². The molecule has 1 amide bonds. The summed E-state index contributed by atoms with van der Waals surface area (Å²) in [5.41, 5.74) is 2.99. The predicted molar refractivity (Wildman–Crippen MR) is 116 cm³/mol. The first kappa shape index (κ1) is 22.6. The quantitative estimate of drug-likeness (QED) is 0.503. The van der Waals surface area contributed by atoms with Crippen molar-refractivity contribution in [1.82, 2.24) is 10.4 Å². The fourth-order valence-corrected chi connectivity index (χ4v) is 4.72. The van der Waals surface area contributed by atoms with E-state index in [9.17, 15) is 9.59 Å². The Labute approximate surface area is 180 Å². The molecule has 1 N–H and O–H groups in total. The third kappa shape index (κ3) is 6.73. The third-order valence-electron chi connectivity index (χ3n) is 6.35. The molecular weight excluding hydrogens is 380 g/mol. The maximum Gasteiger partial charge on any atom is 0.338 e. The van der Waals surface area contributed by atoms with Crippen LogP contribution in [0.5, 0.6) is 5.75 Å². The zero-order chi connectivity index (χ0) is 21.2. The Kier molecular flexibility index (Phi) is 8.55. The summed E-state index contributed by atoms with van der Waals surface area (Å²) in [5.74, 6) is 0.228. The fraction of sp³-hybridized carbons (Fsp3) is 0.667. The van der Waals surface area contributed by atoms with Crippen LogP contribution in [0.25, 0.3) is 0 Å². The molecule has 0 unspecified atom stereocenters. The van der Waals surface area contributed by atoms with Gasteiger partial charge in [0.25, 0.3) is 0 Å². The highest BCUT2D eigenvalue weighted by atomic mass is 16.7. The summed E-state index contributed by atoms with van der Waals surface area (Å²) in [4.78, 5) is 31.3. The standard InChI is InChI=1S/C24H36N2O4/c1-20(27)25-30-23(28)24(12-4-2-5-13-24)14-9-17-29-22-11-8-10-21(18-22)19-26-15-6-3-7-16-26/h8,10-11,18H,2-7,9,12-17,19H2,1H3,(H,25,27). The Morgan fingerprint density at radius 2 is 1.80 bits per heavy atom. The van der Waals surface area contributed by atoms with Gasteiger partial charge in [-0.05, 0) is 69.3 Å². The normalized spacial score (nSPS) is 19.1. The van der Waals surface area contributed by atoms with Crippen LogP contribution in [0, 0.1) is 5.41 Å². The monoisotopic (exact) mass is 416 g/mol. The molecule has 1 aromatic carbocycles. The van der Waals surface area contributed by atoms with Crippen molar-refractivity contribution in [2.45, 2.75) is 77.7 Å². The van der Waals surface area contributed by atoms with E-state index in [-0.39, 0.29) is 11.9 Å². The van der Waals surface area contributed by atoms with Crippen molar-refractivity contribution in [2.75, 3.05) is 19.7 Å². The molecule has 6 nitrogen and oxygen atoms in total. The smallest absolute Gasteiger partial charge is 0.338 e. The van der Waals surface area contributed by atoms with E-state index in [1.807, 2.05) is 6.07 Å². The molecule has 1 saturated carbocycles. The van der Waals surface area contributed by atoms with Gasteiger partial charge in [-0.25, -0.2) is 4.79 Å². The molecule has 2 fully saturated rings. The van der Waals surface area contributed by atoms with Crippen molar-refractivity contribution >= 4 is 11.9 Å². The van der Waals surface area contributed by atoms with Crippen LogP contribution in [0.1, 0.15) is 76.7 Å². The van der Waals surface area contributed by atoms with Gasteiger partial charge in [0.2, 0.25) is 5.91 Å². The van der Waals surface area contributed by atoms with Gasteiger partial charge in [0.1, 0.15) is 5.75 Å². The first-order chi connectivity index (χ1) is 14.6. The van der Waals surface area contributed by atoms with E-state index in [0.29, 0.717) is 6.61 Å². The first-order valence-corrected chi connectivity index (χ1v) is 11.5. The van der Waals surface area contributed by atoms with Crippen LogP contribution in [0.15, 0.2) is 24.3 Å². The van der Waals surface area contributed by atoms with Crippen LogP contribution in [-0.2, 0) is 21.0 Å². The Morgan fingerprint density at radius 3 is 2.53 bits per heavy atom. The summed E-state index contributed by atoms with van der Waals surface area (Å²) in [5, 5.41) is 0. The molecule has 0 aromatic heterocycles. The molecular formula is C24H36N2O4. The molecule has 3 rings (SSSR count). The molecule has 0 atom stereocenters. The number of benzene rings is 1. The van der Waals surface area contributed by atoms with Gasteiger partial charge in [-0.2, -0.15) is 5.48 Å². The second-order valence-corrected chi connectivity index (χ2v) is 8.82. The molecule has 166 valence electrons. The maximum atomic E-state index is 12.6. The highest BCUT2D eigenvalue weighted by molar-refractivity contribution is 5.79. The number of likely N-dealkylation sites (tertiary alicyclic amines) is 1. The average molecular weight is 417 g/mol. The topological polar surface area (TPSA) is 67.9 Å². The highest BCUT2D eigenvalue weighted by Crippen LogP contribution is 2.41. The lowest BCUT2D eigenvalue weighted by atomic mass is 9.71. The summed E-state index contributed by atoms with van der Waals surface area (Å²) in [6, 6.07) is 8.36. The lowest BCUT2D eigenvalue weighted by molar-refractivity contribution is -0.170. The Balaban J connectivity index is 1.47. The predicted octanol–water partition coefficient (Wildman–Crippen LogP) is 4.38. The van der Waals surface area contributed by atoms with Crippen molar-refractivity contribution in [3.05, 3.63) is 29.8 Å². The number of hydrogen-bond donors (Lipinski definition) is 1. The molecule has 1 aliphatic carbocycles. The van der Waals surface area contributed by atoms with Gasteiger partial charge in [0, 0.05) is 13.5 Å². The SMILES string of the molecule is CC(=O)NOC(=O)C1(CCCOc2cccc(CN3CCCCC3)c2)CCCCC1. The van der Waals surface area contributed by atoms with Gasteiger partial charge < -0.3 is 9.57 Å². The van der Waals surface area contributed by atoms with Crippen molar-refractivity contribution < 1.29 is 19.2 Å². The molecule has 0 radical (unpaired) electrons. The number of amides is 1. The van der Waals surface area contributed by atoms with Crippen LogP contribution < -0.4 is 10.2 Å². The van der Waals surface area contributed by atoms with Gasteiger partial charge in [-0.15, -0.1) is 0 Å². The average Bonchev–Trinajstić information content (AvgIpc) is 2.77. The molecule has 30 heavy (non-hydrogen) atoms. The summed E-state index contributed by atoms with van der Waals surface area (Å²) >= 11 is 0. The Bertz CT molecular complexity index is 694. The van der Waals surface area contributed by atoms with Crippen molar-refractivity contribution in [3.63, 3.8) is 0 Å². The molecule has 6 heteroatoms. The second-order valence-electron chi connectivity index (χ2n) is 8.82. The lowest BCUT2D eigenvalue weighted by Crippen LogP contribution is -2.39. The molecule has 0 bridgehead atoms. The molecule has 1 aromatic rings. The van der Waals surface area contributed by atoms with E-state index in [4.69, 9.17) is 9.57 Å². The third-order valence-corrected chi connectivity index (χ3v) is 6.35. The van der Waals surface area contributed by atoms with Crippen molar-refractivity contribution in [1.29, 1.82) is 0 Å². The maximum absolute atomic E-state index is 12.6. The number of rotatable bonds is 8. The lowest BCUT2D eigenvalue weighted by Gasteiger charge is -2.34. The summed E-state index contributed by atoms with van der Waals surface area (Å²) in [6.07, 6.45) is 10.3. The van der Waals surface area contributed by atoms with E-state index in [1.165, 1.54) is 44.8 Å². The minimum atomic E-state index is -0.500. The number of piperidine rings is 1. The number of hydroxylamine groups is 1. The number of ether oxygens (including phenoxy) is 1. The van der Waals surface area contributed by atoms with E-state index < -0.39 is 5.41 Å². The van der Waals surface area contributed by atoms with Gasteiger partial charge in [0.05, 0.1) is 12.0 Å².